The molecule has 2 aromatic carbocycles. The Kier molecular flexibility index (Phi) is 9.18. The van der Waals surface area contributed by atoms with Gasteiger partial charge in [0.25, 0.3) is 5.91 Å². The van der Waals surface area contributed by atoms with Crippen molar-refractivity contribution >= 4 is 39.3 Å². The molecule has 0 aliphatic rings. The molecule has 0 saturated heterocycles. The molecule has 2 aromatic rings. The summed E-state index contributed by atoms with van der Waals surface area (Å²) in [6, 6.07) is 12.4. The zero-order valence-corrected chi connectivity index (χ0v) is 20.1. The number of carbonyl (C=O) groups excluding carboxylic acids is 2. The lowest BCUT2D eigenvalue weighted by atomic mass is 10.1. The number of hydrogen-bond donors (Lipinski definition) is 1. The molecular formula is C23H28BrClN2O3. The first kappa shape index (κ1) is 24.2. The Morgan fingerprint density at radius 1 is 1.17 bits per heavy atom. The lowest BCUT2D eigenvalue weighted by Gasteiger charge is -2.29. The van der Waals surface area contributed by atoms with Gasteiger partial charge < -0.3 is 15.0 Å². The van der Waals surface area contributed by atoms with E-state index in [1.807, 2.05) is 45.0 Å². The number of ether oxygens (including phenoxy) is 1. The molecule has 30 heavy (non-hydrogen) atoms. The molecule has 2 rings (SSSR count). The molecule has 0 aliphatic heterocycles. The Labute approximate surface area is 191 Å². The van der Waals surface area contributed by atoms with Gasteiger partial charge in [-0.3, -0.25) is 9.59 Å². The smallest absolute Gasteiger partial charge is 0.261 e. The van der Waals surface area contributed by atoms with Crippen LogP contribution in [0.1, 0.15) is 31.9 Å². The molecule has 1 N–H and O–H groups in total. The summed E-state index contributed by atoms with van der Waals surface area (Å²) < 4.78 is 6.47. The average molecular weight is 496 g/mol. The third-order valence-electron chi connectivity index (χ3n) is 4.53. The van der Waals surface area contributed by atoms with Gasteiger partial charge in [-0.25, -0.2) is 0 Å². The van der Waals surface area contributed by atoms with E-state index < -0.39 is 6.04 Å². The lowest BCUT2D eigenvalue weighted by Crippen LogP contribution is -2.49. The van der Waals surface area contributed by atoms with Gasteiger partial charge >= 0.3 is 0 Å². The van der Waals surface area contributed by atoms with E-state index in [0.29, 0.717) is 29.8 Å². The number of hydrogen-bond acceptors (Lipinski definition) is 3. The first-order chi connectivity index (χ1) is 14.2. The summed E-state index contributed by atoms with van der Waals surface area (Å²) >= 11 is 9.52. The molecule has 5 nitrogen and oxygen atoms in total. The molecular weight excluding hydrogens is 468 g/mol. The maximum Gasteiger partial charge on any atom is 0.261 e. The van der Waals surface area contributed by atoms with Gasteiger partial charge in [0, 0.05) is 17.6 Å². The van der Waals surface area contributed by atoms with E-state index in [-0.39, 0.29) is 18.4 Å². The van der Waals surface area contributed by atoms with Crippen molar-refractivity contribution in [3.8, 4) is 5.75 Å². The third-order valence-corrected chi connectivity index (χ3v) is 5.32. The van der Waals surface area contributed by atoms with Crippen molar-refractivity contribution in [3.63, 3.8) is 0 Å². The first-order valence-electron chi connectivity index (χ1n) is 9.88. The fourth-order valence-electron chi connectivity index (χ4n) is 2.86. The minimum atomic E-state index is -0.638. The predicted molar refractivity (Wildman–Crippen MR) is 124 cm³/mol. The van der Waals surface area contributed by atoms with E-state index in [9.17, 15) is 9.59 Å². The highest BCUT2D eigenvalue weighted by Crippen LogP contribution is 2.27. The first-order valence-corrected chi connectivity index (χ1v) is 11.0. The number of amides is 2. The third kappa shape index (κ3) is 7.33. The molecule has 0 heterocycles. The SMILES string of the molecule is Cc1cccc(CN(C(=O)COc2ccc(Br)cc2Cl)[C@H](C)C(=O)NCC(C)C)c1. The highest BCUT2D eigenvalue weighted by atomic mass is 79.9. The minimum Gasteiger partial charge on any atom is -0.482 e. The molecule has 162 valence electrons. The van der Waals surface area contributed by atoms with Crippen LogP contribution in [0.4, 0.5) is 0 Å². The standard InChI is InChI=1S/C23H28BrClN2O3/c1-15(2)12-26-23(29)17(4)27(13-18-7-5-6-16(3)10-18)22(28)14-30-21-9-8-19(24)11-20(21)25/h5-11,15,17H,12-14H2,1-4H3,(H,26,29)/t17-/m1/s1. The summed E-state index contributed by atoms with van der Waals surface area (Å²) in [7, 11) is 0. The van der Waals surface area contributed by atoms with Crippen LogP contribution in [0, 0.1) is 12.8 Å². The van der Waals surface area contributed by atoms with E-state index in [2.05, 4.69) is 21.2 Å². The van der Waals surface area contributed by atoms with Crippen LogP contribution in [-0.4, -0.2) is 35.9 Å². The molecule has 0 unspecified atom stereocenters. The van der Waals surface area contributed by atoms with E-state index >= 15 is 0 Å². The molecule has 0 aromatic heterocycles. The largest absolute Gasteiger partial charge is 0.482 e. The Morgan fingerprint density at radius 3 is 2.53 bits per heavy atom. The highest BCUT2D eigenvalue weighted by Gasteiger charge is 2.26. The molecule has 0 bridgehead atoms. The number of nitrogens with one attached hydrogen (secondary N) is 1. The number of nitrogens with zero attached hydrogens (tertiary/aromatic N) is 1. The van der Waals surface area contributed by atoms with E-state index in [1.54, 1.807) is 25.1 Å². The summed E-state index contributed by atoms with van der Waals surface area (Å²) in [5.74, 6) is 0.264. The van der Waals surface area contributed by atoms with Crippen molar-refractivity contribution < 1.29 is 14.3 Å². The van der Waals surface area contributed by atoms with Crippen molar-refractivity contribution in [3.05, 3.63) is 63.1 Å². The number of halogens is 2. The second-order valence-electron chi connectivity index (χ2n) is 7.69. The second-order valence-corrected chi connectivity index (χ2v) is 9.01. The topological polar surface area (TPSA) is 58.6 Å². The Morgan fingerprint density at radius 2 is 1.90 bits per heavy atom. The van der Waals surface area contributed by atoms with Gasteiger partial charge in [-0.15, -0.1) is 0 Å². The van der Waals surface area contributed by atoms with Gasteiger partial charge in [-0.05, 0) is 43.5 Å². The average Bonchev–Trinajstić information content (AvgIpc) is 2.68. The van der Waals surface area contributed by atoms with Gasteiger partial charge in [0.2, 0.25) is 5.91 Å². The molecule has 0 spiro atoms. The van der Waals surface area contributed by atoms with Crippen LogP contribution in [-0.2, 0) is 16.1 Å². The molecule has 0 radical (unpaired) electrons. The van der Waals surface area contributed by atoms with Gasteiger partial charge in [0.05, 0.1) is 5.02 Å². The maximum absolute atomic E-state index is 13.0. The molecule has 0 saturated carbocycles. The zero-order valence-electron chi connectivity index (χ0n) is 17.7. The van der Waals surface area contributed by atoms with Crippen LogP contribution < -0.4 is 10.1 Å². The Bertz CT molecular complexity index is 889. The van der Waals surface area contributed by atoms with Crippen LogP contribution in [0.15, 0.2) is 46.9 Å². The molecule has 1 atom stereocenters. The van der Waals surface area contributed by atoms with Crippen molar-refractivity contribution in [1.82, 2.24) is 10.2 Å². The fourth-order valence-corrected chi connectivity index (χ4v) is 3.58. The van der Waals surface area contributed by atoms with Crippen LogP contribution in [0.2, 0.25) is 5.02 Å². The fraction of sp³-hybridized carbons (Fsp3) is 0.391. The van der Waals surface area contributed by atoms with E-state index in [1.165, 1.54) is 4.90 Å². The van der Waals surface area contributed by atoms with E-state index in [4.69, 9.17) is 16.3 Å². The summed E-state index contributed by atoms with van der Waals surface area (Å²) in [6.07, 6.45) is 0. The quantitative estimate of drug-likeness (QED) is 0.534. The zero-order chi connectivity index (χ0) is 22.3. The lowest BCUT2D eigenvalue weighted by molar-refractivity contribution is -0.142. The molecule has 7 heteroatoms. The highest BCUT2D eigenvalue weighted by molar-refractivity contribution is 9.10. The predicted octanol–water partition coefficient (Wildman–Crippen LogP) is 4.98. The Hall–Kier alpha value is -2.05. The van der Waals surface area contributed by atoms with Gasteiger partial charge in [-0.1, -0.05) is 71.2 Å². The van der Waals surface area contributed by atoms with Gasteiger partial charge in [-0.2, -0.15) is 0 Å². The maximum atomic E-state index is 13.0. The van der Waals surface area contributed by atoms with Crippen molar-refractivity contribution in [2.24, 2.45) is 5.92 Å². The summed E-state index contributed by atoms with van der Waals surface area (Å²) in [4.78, 5) is 27.2. The van der Waals surface area contributed by atoms with Crippen molar-refractivity contribution in [2.75, 3.05) is 13.2 Å². The van der Waals surface area contributed by atoms with Crippen molar-refractivity contribution in [2.45, 2.75) is 40.3 Å². The molecule has 2 amide bonds. The monoisotopic (exact) mass is 494 g/mol. The minimum absolute atomic E-state index is 0.189. The summed E-state index contributed by atoms with van der Waals surface area (Å²) in [5, 5.41) is 3.31. The molecule has 0 fully saturated rings. The normalized spacial score (nSPS) is 11.8. The van der Waals surface area contributed by atoms with Gasteiger partial charge in [0.15, 0.2) is 6.61 Å². The Balaban J connectivity index is 2.15. The summed E-state index contributed by atoms with van der Waals surface area (Å²) in [5.41, 5.74) is 2.04. The second kappa shape index (κ2) is 11.4. The van der Waals surface area contributed by atoms with Crippen LogP contribution in [0.25, 0.3) is 0 Å². The number of aryl methyl sites for hydroxylation is 1. The number of rotatable bonds is 9. The van der Waals surface area contributed by atoms with Crippen LogP contribution in [0.3, 0.4) is 0 Å². The molecule has 0 aliphatic carbocycles. The van der Waals surface area contributed by atoms with Crippen LogP contribution in [0.5, 0.6) is 5.75 Å². The van der Waals surface area contributed by atoms with E-state index in [0.717, 1.165) is 15.6 Å². The van der Waals surface area contributed by atoms with Gasteiger partial charge in [0.1, 0.15) is 11.8 Å². The number of benzene rings is 2. The summed E-state index contributed by atoms with van der Waals surface area (Å²) in [6.45, 7) is 8.43. The van der Waals surface area contributed by atoms with Crippen molar-refractivity contribution in [1.29, 1.82) is 0 Å². The van der Waals surface area contributed by atoms with Crippen LogP contribution >= 0.6 is 27.5 Å². The number of carbonyl (C=O) groups is 2.